The van der Waals surface area contributed by atoms with E-state index in [1.54, 1.807) is 19.1 Å². The smallest absolute Gasteiger partial charge is 0.252 e. The summed E-state index contributed by atoms with van der Waals surface area (Å²) in [6.07, 6.45) is 2.05. The van der Waals surface area contributed by atoms with E-state index in [9.17, 15) is 9.59 Å². The van der Waals surface area contributed by atoms with Crippen LogP contribution in [0.25, 0.3) is 10.9 Å². The van der Waals surface area contributed by atoms with Crippen LogP contribution in [0.15, 0.2) is 45.9 Å². The van der Waals surface area contributed by atoms with Gasteiger partial charge in [-0.25, -0.2) is 4.98 Å². The molecule has 0 spiro atoms. The number of pyridine rings is 1. The van der Waals surface area contributed by atoms with E-state index >= 15 is 0 Å². The highest BCUT2D eigenvalue weighted by Crippen LogP contribution is 2.26. The normalized spacial score (nSPS) is 13.5. The fourth-order valence-corrected chi connectivity index (χ4v) is 3.36. The van der Waals surface area contributed by atoms with Gasteiger partial charge < -0.3 is 15.2 Å². The summed E-state index contributed by atoms with van der Waals surface area (Å²) in [7, 11) is 0. The van der Waals surface area contributed by atoms with Crippen LogP contribution in [0.3, 0.4) is 0 Å². The van der Waals surface area contributed by atoms with Gasteiger partial charge in [0.2, 0.25) is 5.91 Å². The standard InChI is InChI=1S/C19H18N4O3S/c1-11-8-16(23-26-11)22-17(24)10-27-18-9-14(19(25)20-12-6-7-12)13-4-2-3-5-15(13)21-18/h2-5,8-9,12H,6-7,10H2,1H3,(H,20,25)(H,22,23,24). The van der Waals surface area contributed by atoms with Gasteiger partial charge in [-0.15, -0.1) is 0 Å². The van der Waals surface area contributed by atoms with Gasteiger partial charge in [0.05, 0.1) is 21.9 Å². The second-order valence-corrected chi connectivity index (χ2v) is 7.43. The van der Waals surface area contributed by atoms with Crippen molar-refractivity contribution in [3.8, 4) is 0 Å². The molecule has 1 aliphatic carbocycles. The third-order valence-electron chi connectivity index (χ3n) is 4.10. The third kappa shape index (κ3) is 4.28. The van der Waals surface area contributed by atoms with E-state index in [0.29, 0.717) is 22.2 Å². The number of nitrogens with one attached hydrogen (secondary N) is 2. The molecule has 2 amide bonds. The summed E-state index contributed by atoms with van der Waals surface area (Å²) >= 11 is 1.27. The summed E-state index contributed by atoms with van der Waals surface area (Å²) in [5.41, 5.74) is 1.32. The molecule has 1 aliphatic rings. The van der Waals surface area contributed by atoms with Crippen LogP contribution in [0.1, 0.15) is 29.0 Å². The van der Waals surface area contributed by atoms with Crippen molar-refractivity contribution >= 4 is 40.3 Å². The number of amides is 2. The van der Waals surface area contributed by atoms with Crippen LogP contribution in [-0.2, 0) is 4.79 Å². The van der Waals surface area contributed by atoms with Gasteiger partial charge in [-0.1, -0.05) is 35.1 Å². The minimum Gasteiger partial charge on any atom is -0.360 e. The van der Waals surface area contributed by atoms with E-state index in [1.807, 2.05) is 24.3 Å². The Bertz CT molecular complexity index is 1010. The average molecular weight is 382 g/mol. The molecular weight excluding hydrogens is 364 g/mol. The maximum absolute atomic E-state index is 12.6. The summed E-state index contributed by atoms with van der Waals surface area (Å²) < 4.78 is 4.93. The van der Waals surface area contributed by atoms with E-state index in [1.165, 1.54) is 11.8 Å². The monoisotopic (exact) mass is 382 g/mol. The first-order valence-electron chi connectivity index (χ1n) is 8.65. The van der Waals surface area contributed by atoms with Crippen LogP contribution in [0.4, 0.5) is 5.82 Å². The van der Waals surface area contributed by atoms with Crippen molar-refractivity contribution in [1.82, 2.24) is 15.5 Å². The SMILES string of the molecule is Cc1cc(NC(=O)CSc2cc(C(=O)NC3CC3)c3ccccc3n2)no1. The summed E-state index contributed by atoms with van der Waals surface area (Å²) in [6, 6.07) is 11.2. The number of aromatic nitrogens is 2. The number of hydrogen-bond donors (Lipinski definition) is 2. The molecule has 0 radical (unpaired) electrons. The molecule has 7 nitrogen and oxygen atoms in total. The van der Waals surface area contributed by atoms with Crippen molar-refractivity contribution in [2.75, 3.05) is 11.1 Å². The lowest BCUT2D eigenvalue weighted by molar-refractivity contribution is -0.113. The highest BCUT2D eigenvalue weighted by Gasteiger charge is 2.25. The molecule has 0 atom stereocenters. The Morgan fingerprint density at radius 3 is 2.81 bits per heavy atom. The highest BCUT2D eigenvalue weighted by molar-refractivity contribution is 7.99. The van der Waals surface area contributed by atoms with E-state index in [-0.39, 0.29) is 23.6 Å². The number of aryl methyl sites for hydroxylation is 1. The number of benzene rings is 1. The third-order valence-corrected chi connectivity index (χ3v) is 5.01. The lowest BCUT2D eigenvalue weighted by Crippen LogP contribution is -2.25. The number of hydrogen-bond acceptors (Lipinski definition) is 6. The van der Waals surface area contributed by atoms with Gasteiger partial charge in [-0.2, -0.15) is 0 Å². The topological polar surface area (TPSA) is 97.1 Å². The fraction of sp³-hybridized carbons (Fsp3) is 0.263. The number of para-hydroxylation sites is 1. The molecule has 1 saturated carbocycles. The minimum atomic E-state index is -0.216. The van der Waals surface area contributed by atoms with Gasteiger partial charge in [0.15, 0.2) is 5.82 Å². The van der Waals surface area contributed by atoms with Crippen molar-refractivity contribution in [3.63, 3.8) is 0 Å². The zero-order valence-corrected chi connectivity index (χ0v) is 15.5. The summed E-state index contributed by atoms with van der Waals surface area (Å²) in [6.45, 7) is 1.75. The second kappa shape index (κ2) is 7.40. The van der Waals surface area contributed by atoms with Crippen LogP contribution < -0.4 is 10.6 Å². The number of fused-ring (bicyclic) bond motifs is 1. The number of thioether (sulfide) groups is 1. The van der Waals surface area contributed by atoms with Crippen LogP contribution in [-0.4, -0.2) is 33.7 Å². The number of carbonyl (C=O) groups is 2. The molecule has 4 rings (SSSR count). The molecule has 8 heteroatoms. The molecule has 0 unspecified atom stereocenters. The highest BCUT2D eigenvalue weighted by atomic mass is 32.2. The molecule has 1 aromatic carbocycles. The minimum absolute atomic E-state index is 0.0968. The molecule has 2 heterocycles. The number of anilines is 1. The lowest BCUT2D eigenvalue weighted by Gasteiger charge is -2.09. The summed E-state index contributed by atoms with van der Waals surface area (Å²) in [5, 5.41) is 10.9. The Morgan fingerprint density at radius 1 is 1.26 bits per heavy atom. The Labute approximate surface area is 159 Å². The first kappa shape index (κ1) is 17.5. The first-order chi connectivity index (χ1) is 13.1. The molecule has 0 saturated heterocycles. The predicted molar refractivity (Wildman–Crippen MR) is 103 cm³/mol. The van der Waals surface area contributed by atoms with Gasteiger partial charge >= 0.3 is 0 Å². The first-order valence-corrected chi connectivity index (χ1v) is 9.63. The van der Waals surface area contributed by atoms with Crippen LogP contribution >= 0.6 is 11.8 Å². The van der Waals surface area contributed by atoms with Gasteiger partial charge in [0, 0.05) is 17.5 Å². The molecule has 2 N–H and O–H groups in total. The largest absolute Gasteiger partial charge is 0.360 e. The lowest BCUT2D eigenvalue weighted by atomic mass is 10.1. The maximum Gasteiger partial charge on any atom is 0.252 e. The Hall–Kier alpha value is -2.87. The van der Waals surface area contributed by atoms with E-state index in [4.69, 9.17) is 4.52 Å². The zero-order chi connectivity index (χ0) is 18.8. The average Bonchev–Trinajstić information content (AvgIpc) is 3.38. The predicted octanol–water partition coefficient (Wildman–Crippen LogP) is 3.15. The molecular formula is C19H18N4O3S. The van der Waals surface area contributed by atoms with Gasteiger partial charge in [-0.05, 0) is 31.9 Å². The van der Waals surface area contributed by atoms with Crippen molar-refractivity contribution in [1.29, 1.82) is 0 Å². The molecule has 27 heavy (non-hydrogen) atoms. The molecule has 3 aromatic rings. The molecule has 1 fully saturated rings. The van der Waals surface area contributed by atoms with Crippen LogP contribution in [0, 0.1) is 6.92 Å². The van der Waals surface area contributed by atoms with E-state index in [0.717, 1.165) is 23.7 Å². The van der Waals surface area contributed by atoms with Gasteiger partial charge in [-0.3, -0.25) is 9.59 Å². The Morgan fingerprint density at radius 2 is 2.07 bits per heavy atom. The molecule has 138 valence electrons. The summed E-state index contributed by atoms with van der Waals surface area (Å²) in [5.74, 6) is 0.850. The van der Waals surface area contributed by atoms with E-state index < -0.39 is 0 Å². The number of nitrogens with zero attached hydrogens (tertiary/aromatic N) is 2. The van der Waals surface area contributed by atoms with E-state index in [2.05, 4.69) is 20.8 Å². The Balaban J connectivity index is 1.50. The van der Waals surface area contributed by atoms with Crippen molar-refractivity contribution < 1.29 is 14.1 Å². The quantitative estimate of drug-likeness (QED) is 0.636. The fourth-order valence-electron chi connectivity index (χ4n) is 2.65. The molecule has 0 aliphatic heterocycles. The molecule has 2 aromatic heterocycles. The number of rotatable bonds is 6. The van der Waals surface area contributed by atoms with Crippen LogP contribution in [0.2, 0.25) is 0 Å². The number of carbonyl (C=O) groups excluding carboxylic acids is 2. The molecule has 0 bridgehead atoms. The van der Waals surface area contributed by atoms with Crippen molar-refractivity contribution in [3.05, 3.63) is 47.7 Å². The second-order valence-electron chi connectivity index (χ2n) is 6.43. The summed E-state index contributed by atoms with van der Waals surface area (Å²) in [4.78, 5) is 29.3. The maximum atomic E-state index is 12.6. The van der Waals surface area contributed by atoms with Gasteiger partial charge in [0.1, 0.15) is 5.76 Å². The Kier molecular flexibility index (Phi) is 4.81. The zero-order valence-electron chi connectivity index (χ0n) is 14.7. The van der Waals surface area contributed by atoms with Gasteiger partial charge in [0.25, 0.3) is 5.91 Å². The van der Waals surface area contributed by atoms with Crippen molar-refractivity contribution in [2.45, 2.75) is 30.8 Å². The van der Waals surface area contributed by atoms with Crippen molar-refractivity contribution in [2.24, 2.45) is 0 Å². The van der Waals surface area contributed by atoms with Crippen LogP contribution in [0.5, 0.6) is 0 Å².